The Bertz CT molecular complexity index is 624. The van der Waals surface area contributed by atoms with Gasteiger partial charge in [-0.3, -0.25) is 0 Å². The first kappa shape index (κ1) is 10.9. The van der Waals surface area contributed by atoms with Crippen LogP contribution in [0.2, 0.25) is 0 Å². The standard InChI is InChI=1S/C12H9NO4/c14-11(15)7-10(12(16)17)13-6-5-8-3-1-2-4-9(8)13/h1-7H,(H,14,15)(H,16,17)/b10-7+. The van der Waals surface area contributed by atoms with Crippen LogP contribution in [-0.4, -0.2) is 26.7 Å². The summed E-state index contributed by atoms with van der Waals surface area (Å²) in [6, 6.07) is 8.88. The number of carboxylic acids is 2. The zero-order valence-corrected chi connectivity index (χ0v) is 8.70. The fraction of sp³-hybridized carbons (Fsp3) is 0. The van der Waals surface area contributed by atoms with Gasteiger partial charge in [-0.1, -0.05) is 18.2 Å². The van der Waals surface area contributed by atoms with E-state index in [2.05, 4.69) is 0 Å². The van der Waals surface area contributed by atoms with Crippen molar-refractivity contribution in [3.05, 3.63) is 42.6 Å². The van der Waals surface area contributed by atoms with Crippen molar-refractivity contribution in [1.82, 2.24) is 4.57 Å². The van der Waals surface area contributed by atoms with Crippen LogP contribution in [0.25, 0.3) is 16.6 Å². The number of hydrogen-bond acceptors (Lipinski definition) is 2. The second-order valence-corrected chi connectivity index (χ2v) is 3.42. The fourth-order valence-electron chi connectivity index (χ4n) is 1.64. The van der Waals surface area contributed by atoms with Gasteiger partial charge in [0.05, 0.1) is 11.6 Å². The van der Waals surface area contributed by atoms with Gasteiger partial charge < -0.3 is 14.8 Å². The van der Waals surface area contributed by atoms with Crippen LogP contribution in [0.1, 0.15) is 0 Å². The van der Waals surface area contributed by atoms with E-state index in [9.17, 15) is 9.59 Å². The van der Waals surface area contributed by atoms with Gasteiger partial charge in [0.2, 0.25) is 0 Å². The molecule has 0 fully saturated rings. The molecule has 0 bridgehead atoms. The molecular formula is C12H9NO4. The minimum absolute atomic E-state index is 0.293. The molecule has 17 heavy (non-hydrogen) atoms. The van der Waals surface area contributed by atoms with E-state index < -0.39 is 11.9 Å². The van der Waals surface area contributed by atoms with Crippen LogP contribution >= 0.6 is 0 Å². The molecule has 2 N–H and O–H groups in total. The summed E-state index contributed by atoms with van der Waals surface area (Å²) in [5, 5.41) is 18.5. The van der Waals surface area contributed by atoms with Gasteiger partial charge in [-0.05, 0) is 17.5 Å². The van der Waals surface area contributed by atoms with Gasteiger partial charge >= 0.3 is 11.9 Å². The van der Waals surface area contributed by atoms with Crippen LogP contribution in [0, 0.1) is 0 Å². The fourth-order valence-corrected chi connectivity index (χ4v) is 1.64. The van der Waals surface area contributed by atoms with Crippen molar-refractivity contribution in [1.29, 1.82) is 0 Å². The molecule has 5 heteroatoms. The Labute approximate surface area is 96.2 Å². The highest BCUT2D eigenvalue weighted by Crippen LogP contribution is 2.19. The number of benzene rings is 1. The third kappa shape index (κ3) is 2.03. The average Bonchev–Trinajstić information content (AvgIpc) is 2.69. The summed E-state index contributed by atoms with van der Waals surface area (Å²) < 4.78 is 1.34. The Morgan fingerprint density at radius 2 is 1.82 bits per heavy atom. The maximum absolute atomic E-state index is 11.0. The number of aromatic nitrogens is 1. The van der Waals surface area contributed by atoms with E-state index in [0.29, 0.717) is 11.6 Å². The topological polar surface area (TPSA) is 79.5 Å². The molecule has 0 unspecified atom stereocenters. The first-order chi connectivity index (χ1) is 8.09. The molecule has 1 aromatic heterocycles. The minimum atomic E-state index is -1.29. The second kappa shape index (κ2) is 4.13. The monoisotopic (exact) mass is 231 g/mol. The minimum Gasteiger partial charge on any atom is -0.478 e. The maximum Gasteiger partial charge on any atom is 0.353 e. The Kier molecular flexibility index (Phi) is 2.66. The van der Waals surface area contributed by atoms with E-state index in [0.717, 1.165) is 5.39 Å². The van der Waals surface area contributed by atoms with Crippen LogP contribution in [0.15, 0.2) is 42.6 Å². The molecule has 86 valence electrons. The molecule has 1 aromatic carbocycles. The molecule has 2 rings (SSSR count). The number of para-hydroxylation sites is 1. The molecule has 0 radical (unpaired) electrons. The number of carbonyl (C=O) groups is 2. The van der Waals surface area contributed by atoms with Crippen molar-refractivity contribution in [2.45, 2.75) is 0 Å². The summed E-state index contributed by atoms with van der Waals surface area (Å²) in [5.41, 5.74) is 0.362. The molecule has 0 saturated carbocycles. The number of rotatable bonds is 3. The largest absolute Gasteiger partial charge is 0.478 e. The van der Waals surface area contributed by atoms with Crippen molar-refractivity contribution in [3.8, 4) is 0 Å². The third-order valence-electron chi connectivity index (χ3n) is 2.34. The van der Waals surface area contributed by atoms with E-state index in [1.54, 1.807) is 18.2 Å². The van der Waals surface area contributed by atoms with E-state index in [-0.39, 0.29) is 5.70 Å². The number of nitrogens with zero attached hydrogens (tertiary/aromatic N) is 1. The van der Waals surface area contributed by atoms with Crippen LogP contribution < -0.4 is 0 Å². The first-order valence-electron chi connectivity index (χ1n) is 4.84. The smallest absolute Gasteiger partial charge is 0.353 e. The number of carboxylic acid groups (broad SMARTS) is 2. The lowest BCUT2D eigenvalue weighted by Crippen LogP contribution is -2.09. The van der Waals surface area contributed by atoms with Gasteiger partial charge in [-0.2, -0.15) is 0 Å². The van der Waals surface area contributed by atoms with Crippen molar-refractivity contribution in [2.75, 3.05) is 0 Å². The van der Waals surface area contributed by atoms with Crippen molar-refractivity contribution >= 4 is 28.5 Å². The first-order valence-corrected chi connectivity index (χ1v) is 4.84. The molecule has 0 amide bonds. The number of aliphatic carboxylic acids is 2. The van der Waals surface area contributed by atoms with Gasteiger partial charge in [-0.15, -0.1) is 0 Å². The van der Waals surface area contributed by atoms with Crippen molar-refractivity contribution in [3.63, 3.8) is 0 Å². The van der Waals surface area contributed by atoms with Crippen LogP contribution in [-0.2, 0) is 9.59 Å². The molecule has 0 saturated heterocycles. The SMILES string of the molecule is O=C(O)/C=C(\C(=O)O)n1ccc2ccccc21. The van der Waals surface area contributed by atoms with E-state index >= 15 is 0 Å². The van der Waals surface area contributed by atoms with Gasteiger partial charge in [-0.25, -0.2) is 9.59 Å². The van der Waals surface area contributed by atoms with E-state index in [1.807, 2.05) is 12.1 Å². The highest BCUT2D eigenvalue weighted by molar-refractivity contribution is 6.15. The summed E-state index contributed by atoms with van der Waals surface area (Å²) in [7, 11) is 0. The molecule has 5 nitrogen and oxygen atoms in total. The van der Waals surface area contributed by atoms with Crippen LogP contribution in [0.4, 0.5) is 0 Å². The second-order valence-electron chi connectivity index (χ2n) is 3.42. The predicted molar refractivity (Wildman–Crippen MR) is 61.5 cm³/mol. The highest BCUT2D eigenvalue weighted by atomic mass is 16.4. The third-order valence-corrected chi connectivity index (χ3v) is 2.34. The van der Waals surface area contributed by atoms with E-state index in [4.69, 9.17) is 10.2 Å². The predicted octanol–water partition coefficient (Wildman–Crippen LogP) is 1.65. The lowest BCUT2D eigenvalue weighted by atomic mass is 10.2. The number of hydrogen-bond donors (Lipinski definition) is 2. The Balaban J connectivity index is 2.65. The Morgan fingerprint density at radius 3 is 2.47 bits per heavy atom. The molecule has 0 aliphatic carbocycles. The Hall–Kier alpha value is -2.56. The Morgan fingerprint density at radius 1 is 1.12 bits per heavy atom. The van der Waals surface area contributed by atoms with Gasteiger partial charge in [0.15, 0.2) is 0 Å². The highest BCUT2D eigenvalue weighted by Gasteiger charge is 2.13. The van der Waals surface area contributed by atoms with Gasteiger partial charge in [0.1, 0.15) is 5.70 Å². The lowest BCUT2D eigenvalue weighted by Gasteiger charge is -2.04. The molecule has 2 aromatic rings. The van der Waals surface area contributed by atoms with E-state index in [1.165, 1.54) is 10.8 Å². The maximum atomic E-state index is 11.0. The number of fused-ring (bicyclic) bond motifs is 1. The normalized spacial score (nSPS) is 11.6. The quantitative estimate of drug-likeness (QED) is 0.787. The zero-order chi connectivity index (χ0) is 12.4. The molecule has 1 heterocycles. The lowest BCUT2D eigenvalue weighted by molar-refractivity contribution is -0.133. The molecule has 0 aliphatic heterocycles. The summed E-state index contributed by atoms with van der Waals surface area (Å²) in [5.74, 6) is -2.58. The summed E-state index contributed by atoms with van der Waals surface area (Å²) >= 11 is 0. The average molecular weight is 231 g/mol. The zero-order valence-electron chi connectivity index (χ0n) is 8.70. The van der Waals surface area contributed by atoms with Crippen LogP contribution in [0.3, 0.4) is 0 Å². The van der Waals surface area contributed by atoms with Gasteiger partial charge in [0.25, 0.3) is 0 Å². The molecule has 0 aliphatic rings. The molecular weight excluding hydrogens is 222 g/mol. The summed E-state index contributed by atoms with van der Waals surface area (Å²) in [6.45, 7) is 0. The summed E-state index contributed by atoms with van der Waals surface area (Å²) in [6.07, 6.45) is 2.21. The summed E-state index contributed by atoms with van der Waals surface area (Å²) in [4.78, 5) is 21.6. The molecule has 0 atom stereocenters. The molecule has 0 spiro atoms. The van der Waals surface area contributed by atoms with Crippen molar-refractivity contribution < 1.29 is 19.8 Å². The van der Waals surface area contributed by atoms with Crippen molar-refractivity contribution in [2.24, 2.45) is 0 Å². The van der Waals surface area contributed by atoms with Crippen LogP contribution in [0.5, 0.6) is 0 Å². The van der Waals surface area contributed by atoms with Gasteiger partial charge in [0, 0.05) is 6.20 Å².